The van der Waals surface area contributed by atoms with E-state index in [2.05, 4.69) is 20.2 Å². The summed E-state index contributed by atoms with van der Waals surface area (Å²) < 4.78 is 37.2. The van der Waals surface area contributed by atoms with Crippen LogP contribution in [0.4, 0.5) is 5.13 Å². The van der Waals surface area contributed by atoms with E-state index in [1.54, 1.807) is 38.1 Å². The molecule has 9 nitrogen and oxygen atoms in total. The van der Waals surface area contributed by atoms with Gasteiger partial charge in [-0.1, -0.05) is 37.3 Å². The predicted octanol–water partition coefficient (Wildman–Crippen LogP) is 1.50. The van der Waals surface area contributed by atoms with Crippen molar-refractivity contribution in [3.63, 3.8) is 0 Å². The smallest absolute Gasteiger partial charge is 0.269 e. The van der Waals surface area contributed by atoms with Crippen LogP contribution in [0, 0.1) is 5.92 Å². The summed E-state index contributed by atoms with van der Waals surface area (Å²) in [5.41, 5.74) is 0. The van der Waals surface area contributed by atoms with E-state index in [4.69, 9.17) is 9.47 Å². The van der Waals surface area contributed by atoms with Crippen molar-refractivity contribution in [3.8, 4) is 11.5 Å². The zero-order valence-corrected chi connectivity index (χ0v) is 16.2. The number of para-hydroxylation sites is 2. The minimum absolute atomic E-state index is 0.0354. The van der Waals surface area contributed by atoms with Gasteiger partial charge in [0, 0.05) is 12.5 Å². The van der Waals surface area contributed by atoms with Crippen LogP contribution in [-0.4, -0.2) is 44.8 Å². The van der Waals surface area contributed by atoms with Crippen molar-refractivity contribution >= 4 is 32.4 Å². The first-order chi connectivity index (χ1) is 12.3. The number of aromatic nitrogens is 2. The second-order valence-electron chi connectivity index (χ2n) is 5.41. The first-order valence-corrected chi connectivity index (χ1v) is 10.0. The van der Waals surface area contributed by atoms with Gasteiger partial charge in [0.2, 0.25) is 15.4 Å². The topological polar surface area (TPSA) is 120 Å². The van der Waals surface area contributed by atoms with E-state index < -0.39 is 10.0 Å². The number of sulfonamides is 1. The Morgan fingerprint density at radius 1 is 1.23 bits per heavy atom. The van der Waals surface area contributed by atoms with Crippen LogP contribution >= 0.6 is 11.3 Å². The maximum absolute atomic E-state index is 12.2. The first-order valence-electron chi connectivity index (χ1n) is 7.73. The number of nitrogens with zero attached hydrogens (tertiary/aromatic N) is 2. The number of ether oxygens (including phenoxy) is 2. The van der Waals surface area contributed by atoms with Crippen molar-refractivity contribution in [1.82, 2.24) is 14.9 Å². The molecule has 0 aliphatic rings. The molecule has 11 heteroatoms. The fourth-order valence-corrected chi connectivity index (χ4v) is 3.71. The summed E-state index contributed by atoms with van der Waals surface area (Å²) >= 11 is 0.781. The van der Waals surface area contributed by atoms with Gasteiger partial charge < -0.3 is 14.8 Å². The van der Waals surface area contributed by atoms with E-state index in [0.29, 0.717) is 11.5 Å². The molecule has 2 N–H and O–H groups in total. The summed E-state index contributed by atoms with van der Waals surface area (Å²) in [5.74, 6) is 0.571. The number of hydrogen-bond donors (Lipinski definition) is 2. The Morgan fingerprint density at radius 2 is 1.92 bits per heavy atom. The monoisotopic (exact) mass is 400 g/mol. The second-order valence-corrected chi connectivity index (χ2v) is 8.33. The summed E-state index contributed by atoms with van der Waals surface area (Å²) in [5, 5.41) is 9.92. The molecule has 0 saturated heterocycles. The third-order valence-electron chi connectivity index (χ3n) is 3.11. The summed E-state index contributed by atoms with van der Waals surface area (Å²) in [4.78, 5) is 11.6. The molecule has 1 amide bonds. The van der Waals surface area contributed by atoms with Gasteiger partial charge in [-0.3, -0.25) is 4.79 Å². The van der Waals surface area contributed by atoms with Gasteiger partial charge in [-0.15, -0.1) is 10.2 Å². The maximum Gasteiger partial charge on any atom is 0.269 e. The molecule has 0 atom stereocenters. The van der Waals surface area contributed by atoms with E-state index in [1.807, 2.05) is 0 Å². The SMILES string of the molecule is COc1ccccc1OCCNS(=O)(=O)c1nnc(NC(=O)C(C)C)s1. The molecule has 1 aromatic carbocycles. The number of rotatable bonds is 9. The van der Waals surface area contributed by atoms with Crippen LogP contribution in [0.5, 0.6) is 11.5 Å². The molecule has 142 valence electrons. The van der Waals surface area contributed by atoms with E-state index in [9.17, 15) is 13.2 Å². The van der Waals surface area contributed by atoms with Gasteiger partial charge in [-0.05, 0) is 12.1 Å². The predicted molar refractivity (Wildman–Crippen MR) is 97.1 cm³/mol. The zero-order chi connectivity index (χ0) is 19.2. The number of carbonyl (C=O) groups is 1. The third kappa shape index (κ3) is 5.38. The van der Waals surface area contributed by atoms with Crippen LogP contribution in [-0.2, 0) is 14.8 Å². The summed E-state index contributed by atoms with van der Waals surface area (Å²) in [6.45, 7) is 3.58. The number of amides is 1. The Morgan fingerprint density at radius 3 is 2.58 bits per heavy atom. The molecule has 0 radical (unpaired) electrons. The molecule has 1 heterocycles. The van der Waals surface area contributed by atoms with Gasteiger partial charge in [0.25, 0.3) is 10.0 Å². The Balaban J connectivity index is 1.89. The Hall–Kier alpha value is -2.24. The number of carbonyl (C=O) groups excluding carboxylic acids is 1. The Labute approximate surface area is 155 Å². The summed E-state index contributed by atoms with van der Waals surface area (Å²) in [6.07, 6.45) is 0. The van der Waals surface area contributed by atoms with E-state index in [-0.39, 0.29) is 34.4 Å². The lowest BCUT2D eigenvalue weighted by Gasteiger charge is -2.10. The van der Waals surface area contributed by atoms with E-state index >= 15 is 0 Å². The van der Waals surface area contributed by atoms with Crippen molar-refractivity contribution in [1.29, 1.82) is 0 Å². The molecule has 0 aliphatic heterocycles. The highest BCUT2D eigenvalue weighted by Crippen LogP contribution is 2.25. The number of methoxy groups -OCH3 is 1. The van der Waals surface area contributed by atoms with Gasteiger partial charge >= 0.3 is 0 Å². The number of anilines is 1. The lowest BCUT2D eigenvalue weighted by molar-refractivity contribution is -0.118. The van der Waals surface area contributed by atoms with Crippen molar-refractivity contribution in [2.24, 2.45) is 5.92 Å². The quantitative estimate of drug-likeness (QED) is 0.483. The van der Waals surface area contributed by atoms with Gasteiger partial charge in [-0.25, -0.2) is 13.1 Å². The van der Waals surface area contributed by atoms with Crippen LogP contribution in [0.15, 0.2) is 28.6 Å². The molecule has 2 aromatic rings. The van der Waals surface area contributed by atoms with E-state index in [1.165, 1.54) is 7.11 Å². The van der Waals surface area contributed by atoms with Crippen molar-refractivity contribution in [2.75, 3.05) is 25.6 Å². The highest BCUT2D eigenvalue weighted by atomic mass is 32.2. The molecule has 0 bridgehead atoms. The number of nitrogens with one attached hydrogen (secondary N) is 2. The molecule has 0 fully saturated rings. The fraction of sp³-hybridized carbons (Fsp3) is 0.400. The highest BCUT2D eigenvalue weighted by Gasteiger charge is 2.21. The molecule has 26 heavy (non-hydrogen) atoms. The van der Waals surface area contributed by atoms with Gasteiger partial charge in [0.15, 0.2) is 11.5 Å². The zero-order valence-electron chi connectivity index (χ0n) is 14.6. The van der Waals surface area contributed by atoms with E-state index in [0.717, 1.165) is 11.3 Å². The Bertz CT molecular complexity index is 851. The number of hydrogen-bond acceptors (Lipinski definition) is 8. The molecular formula is C15H20N4O5S2. The van der Waals surface area contributed by atoms with Gasteiger partial charge in [0.1, 0.15) is 6.61 Å². The summed E-state index contributed by atoms with van der Waals surface area (Å²) in [6, 6.07) is 7.06. The molecule has 0 saturated carbocycles. The summed E-state index contributed by atoms with van der Waals surface area (Å²) in [7, 11) is -2.31. The Kier molecular flexibility index (Phi) is 6.89. The number of benzene rings is 1. The van der Waals surface area contributed by atoms with Gasteiger partial charge in [0.05, 0.1) is 7.11 Å². The maximum atomic E-state index is 12.2. The van der Waals surface area contributed by atoms with Crippen LogP contribution in [0.25, 0.3) is 0 Å². The lowest BCUT2D eigenvalue weighted by atomic mass is 10.2. The van der Waals surface area contributed by atoms with Crippen LogP contribution in [0.3, 0.4) is 0 Å². The third-order valence-corrected chi connectivity index (χ3v) is 5.78. The molecule has 2 rings (SSSR count). The largest absolute Gasteiger partial charge is 0.493 e. The van der Waals surface area contributed by atoms with Crippen LogP contribution in [0.2, 0.25) is 0 Å². The highest BCUT2D eigenvalue weighted by molar-refractivity contribution is 7.91. The first kappa shape index (κ1) is 20.1. The minimum Gasteiger partial charge on any atom is -0.493 e. The fourth-order valence-electron chi connectivity index (χ4n) is 1.76. The normalized spacial score (nSPS) is 11.4. The van der Waals surface area contributed by atoms with Crippen LogP contribution < -0.4 is 19.5 Å². The average Bonchev–Trinajstić information content (AvgIpc) is 3.08. The van der Waals surface area contributed by atoms with Crippen molar-refractivity contribution in [2.45, 2.75) is 18.2 Å². The van der Waals surface area contributed by atoms with Crippen molar-refractivity contribution in [3.05, 3.63) is 24.3 Å². The molecule has 0 unspecified atom stereocenters. The molecular weight excluding hydrogens is 380 g/mol. The van der Waals surface area contributed by atoms with Crippen molar-refractivity contribution < 1.29 is 22.7 Å². The van der Waals surface area contributed by atoms with Crippen LogP contribution in [0.1, 0.15) is 13.8 Å². The minimum atomic E-state index is -3.83. The standard InChI is InChI=1S/C15H20N4O5S2/c1-10(2)13(20)17-14-18-19-15(25-14)26(21,22)16-8-9-24-12-7-5-4-6-11(12)23-3/h4-7,10,16H,8-9H2,1-3H3,(H,17,18,20). The average molecular weight is 400 g/mol. The van der Waals surface area contributed by atoms with Gasteiger partial charge in [-0.2, -0.15) is 0 Å². The molecule has 0 spiro atoms. The second kappa shape index (κ2) is 8.92. The lowest BCUT2D eigenvalue weighted by Crippen LogP contribution is -2.28. The molecule has 1 aromatic heterocycles. The molecule has 0 aliphatic carbocycles.